The van der Waals surface area contributed by atoms with Gasteiger partial charge in [-0.1, -0.05) is 18.2 Å². The predicted molar refractivity (Wildman–Crippen MR) is 76.2 cm³/mol. The fraction of sp³-hybridized carbons (Fsp3) is 0.143. The van der Waals surface area contributed by atoms with Crippen molar-refractivity contribution >= 4 is 16.7 Å². The maximum atomic E-state index is 11.6. The van der Waals surface area contributed by atoms with Gasteiger partial charge in [0, 0.05) is 17.4 Å². The van der Waals surface area contributed by atoms with Gasteiger partial charge >= 0.3 is 5.69 Å². The summed E-state index contributed by atoms with van der Waals surface area (Å²) >= 11 is 0. The van der Waals surface area contributed by atoms with E-state index < -0.39 is 11.8 Å². The van der Waals surface area contributed by atoms with Gasteiger partial charge in [-0.15, -0.1) is 0 Å². The van der Waals surface area contributed by atoms with E-state index in [-0.39, 0.29) is 12.4 Å². The lowest BCUT2D eigenvalue weighted by Gasteiger charge is -2.10. The number of hydrogen-bond donors (Lipinski definition) is 3. The third-order valence-corrected chi connectivity index (χ3v) is 3.18. The van der Waals surface area contributed by atoms with Crippen molar-refractivity contribution < 1.29 is 5.11 Å². The Bertz CT molecular complexity index is 773. The molecule has 1 atom stereocenters. The van der Waals surface area contributed by atoms with Crippen molar-refractivity contribution in [2.75, 3.05) is 5.73 Å². The molecule has 102 valence electrons. The standard InChI is InChI=1S/C14H14N4O2/c15-13-5-6-18(14(20)17-13)8-12(19)11-7-9-3-1-2-4-10(9)16-11/h1-7,12,16,19H,8H2,(H2,15,17,20). The fourth-order valence-electron chi connectivity index (χ4n) is 2.14. The van der Waals surface area contributed by atoms with Gasteiger partial charge in [0.15, 0.2) is 0 Å². The maximum Gasteiger partial charge on any atom is 0.349 e. The molecule has 3 rings (SSSR count). The van der Waals surface area contributed by atoms with Gasteiger partial charge in [-0.05, 0) is 23.6 Å². The molecule has 2 aromatic heterocycles. The van der Waals surface area contributed by atoms with E-state index in [4.69, 9.17) is 5.73 Å². The van der Waals surface area contributed by atoms with Crippen LogP contribution in [-0.2, 0) is 6.54 Å². The molecule has 0 saturated heterocycles. The molecule has 0 fully saturated rings. The first kappa shape index (κ1) is 12.4. The van der Waals surface area contributed by atoms with Crippen molar-refractivity contribution in [3.63, 3.8) is 0 Å². The largest absolute Gasteiger partial charge is 0.385 e. The summed E-state index contributed by atoms with van der Waals surface area (Å²) in [5.41, 5.74) is 6.57. The Kier molecular flexibility index (Phi) is 3.00. The van der Waals surface area contributed by atoms with Gasteiger partial charge < -0.3 is 15.8 Å². The number of aliphatic hydroxyl groups is 1. The van der Waals surface area contributed by atoms with Gasteiger partial charge in [0.2, 0.25) is 0 Å². The van der Waals surface area contributed by atoms with E-state index in [1.54, 1.807) is 0 Å². The molecule has 20 heavy (non-hydrogen) atoms. The molecular weight excluding hydrogens is 256 g/mol. The monoisotopic (exact) mass is 270 g/mol. The minimum absolute atomic E-state index is 0.124. The smallest absolute Gasteiger partial charge is 0.349 e. The number of nitrogens with zero attached hydrogens (tertiary/aromatic N) is 2. The van der Waals surface area contributed by atoms with Gasteiger partial charge in [-0.25, -0.2) is 4.79 Å². The molecule has 0 aliphatic rings. The van der Waals surface area contributed by atoms with Crippen molar-refractivity contribution in [1.82, 2.24) is 14.5 Å². The van der Waals surface area contributed by atoms with Crippen molar-refractivity contribution in [2.24, 2.45) is 0 Å². The lowest BCUT2D eigenvalue weighted by atomic mass is 10.2. The lowest BCUT2D eigenvalue weighted by Crippen LogP contribution is -2.25. The number of H-pyrrole nitrogens is 1. The summed E-state index contributed by atoms with van der Waals surface area (Å²) in [4.78, 5) is 18.4. The molecular formula is C14H14N4O2. The van der Waals surface area contributed by atoms with Gasteiger partial charge in [0.25, 0.3) is 0 Å². The first-order chi connectivity index (χ1) is 9.63. The number of aliphatic hydroxyl groups excluding tert-OH is 1. The van der Waals surface area contributed by atoms with Crippen molar-refractivity contribution in [3.05, 3.63) is 58.8 Å². The predicted octanol–water partition coefficient (Wildman–Crippen LogP) is 1.04. The molecule has 6 nitrogen and oxygen atoms in total. The molecule has 0 saturated carbocycles. The molecule has 0 radical (unpaired) electrons. The molecule has 0 spiro atoms. The summed E-state index contributed by atoms with van der Waals surface area (Å²) in [5.74, 6) is 0.173. The Morgan fingerprint density at radius 3 is 2.90 bits per heavy atom. The SMILES string of the molecule is Nc1ccn(CC(O)c2cc3ccccc3[nH]2)c(=O)n1. The number of aromatic nitrogens is 3. The van der Waals surface area contributed by atoms with Gasteiger partial charge in [0.1, 0.15) is 11.9 Å². The van der Waals surface area contributed by atoms with Crippen molar-refractivity contribution in [3.8, 4) is 0 Å². The summed E-state index contributed by atoms with van der Waals surface area (Å²) in [5, 5.41) is 11.2. The first-order valence-corrected chi connectivity index (χ1v) is 6.22. The number of anilines is 1. The zero-order valence-electron chi connectivity index (χ0n) is 10.7. The van der Waals surface area contributed by atoms with E-state index in [2.05, 4.69) is 9.97 Å². The molecule has 0 aliphatic carbocycles. The van der Waals surface area contributed by atoms with E-state index in [0.717, 1.165) is 10.9 Å². The van der Waals surface area contributed by atoms with Crippen LogP contribution in [0.2, 0.25) is 0 Å². The molecule has 3 aromatic rings. The second-order valence-corrected chi connectivity index (χ2v) is 4.62. The van der Waals surface area contributed by atoms with Crippen LogP contribution < -0.4 is 11.4 Å². The van der Waals surface area contributed by atoms with Crippen LogP contribution in [0.1, 0.15) is 11.8 Å². The Morgan fingerprint density at radius 2 is 2.15 bits per heavy atom. The third-order valence-electron chi connectivity index (χ3n) is 3.18. The second-order valence-electron chi connectivity index (χ2n) is 4.62. The molecule has 6 heteroatoms. The number of hydrogen-bond acceptors (Lipinski definition) is 4. The summed E-state index contributed by atoms with van der Waals surface area (Å²) in [6.07, 6.45) is 0.710. The van der Waals surface area contributed by atoms with E-state index >= 15 is 0 Å². The highest BCUT2D eigenvalue weighted by atomic mass is 16.3. The highest BCUT2D eigenvalue weighted by Gasteiger charge is 2.12. The van der Waals surface area contributed by atoms with Crippen LogP contribution in [0.15, 0.2) is 47.4 Å². The lowest BCUT2D eigenvalue weighted by molar-refractivity contribution is 0.151. The summed E-state index contributed by atoms with van der Waals surface area (Å²) in [7, 11) is 0. The van der Waals surface area contributed by atoms with Crippen LogP contribution >= 0.6 is 0 Å². The van der Waals surface area contributed by atoms with Crippen LogP contribution in [0, 0.1) is 0 Å². The quantitative estimate of drug-likeness (QED) is 0.662. The van der Waals surface area contributed by atoms with Gasteiger partial charge in [-0.3, -0.25) is 4.57 Å². The van der Waals surface area contributed by atoms with Crippen LogP contribution in [0.5, 0.6) is 0 Å². The van der Waals surface area contributed by atoms with Gasteiger partial charge in [0.05, 0.1) is 6.54 Å². The van der Waals surface area contributed by atoms with Crippen LogP contribution in [0.4, 0.5) is 5.82 Å². The zero-order valence-corrected chi connectivity index (χ0v) is 10.7. The number of aromatic amines is 1. The van der Waals surface area contributed by atoms with Crippen LogP contribution in [-0.4, -0.2) is 19.6 Å². The maximum absolute atomic E-state index is 11.6. The average Bonchev–Trinajstić information content (AvgIpc) is 2.86. The van der Waals surface area contributed by atoms with E-state index in [0.29, 0.717) is 5.69 Å². The van der Waals surface area contributed by atoms with Crippen LogP contribution in [0.25, 0.3) is 10.9 Å². The van der Waals surface area contributed by atoms with E-state index in [9.17, 15) is 9.90 Å². The Morgan fingerprint density at radius 1 is 1.35 bits per heavy atom. The molecule has 4 N–H and O–H groups in total. The fourth-order valence-corrected chi connectivity index (χ4v) is 2.14. The van der Waals surface area contributed by atoms with Crippen LogP contribution in [0.3, 0.4) is 0 Å². The van der Waals surface area contributed by atoms with Gasteiger partial charge in [-0.2, -0.15) is 4.98 Å². The molecule has 2 heterocycles. The summed E-state index contributed by atoms with van der Waals surface area (Å²) in [6, 6.07) is 11.1. The highest BCUT2D eigenvalue weighted by molar-refractivity contribution is 5.80. The second kappa shape index (κ2) is 4.82. The number of para-hydroxylation sites is 1. The average molecular weight is 270 g/mol. The molecule has 0 amide bonds. The highest BCUT2D eigenvalue weighted by Crippen LogP contribution is 2.20. The number of benzene rings is 1. The molecule has 1 aromatic carbocycles. The zero-order chi connectivity index (χ0) is 14.1. The summed E-state index contributed by atoms with van der Waals surface area (Å²) in [6.45, 7) is 0.124. The number of nitrogens with two attached hydrogens (primary N) is 1. The molecule has 0 bridgehead atoms. The number of fused-ring (bicyclic) bond motifs is 1. The topological polar surface area (TPSA) is 96.9 Å². The first-order valence-electron chi connectivity index (χ1n) is 6.22. The molecule has 1 unspecified atom stereocenters. The minimum atomic E-state index is -0.814. The third kappa shape index (κ3) is 2.28. The Balaban J connectivity index is 1.88. The minimum Gasteiger partial charge on any atom is -0.385 e. The number of rotatable bonds is 3. The number of nitrogen functional groups attached to an aromatic ring is 1. The summed E-state index contributed by atoms with van der Waals surface area (Å²) < 4.78 is 1.33. The normalized spacial score (nSPS) is 12.7. The Hall–Kier alpha value is -2.60. The van der Waals surface area contributed by atoms with Crippen molar-refractivity contribution in [2.45, 2.75) is 12.6 Å². The van der Waals surface area contributed by atoms with E-state index in [1.165, 1.54) is 16.8 Å². The van der Waals surface area contributed by atoms with Crippen molar-refractivity contribution in [1.29, 1.82) is 0 Å². The Labute approximate surface area is 114 Å². The van der Waals surface area contributed by atoms with E-state index in [1.807, 2.05) is 30.3 Å². The molecule has 0 aliphatic heterocycles. The number of nitrogens with one attached hydrogen (secondary N) is 1.